The molecule has 1 aliphatic heterocycles. The van der Waals surface area contributed by atoms with Gasteiger partial charge in [0.2, 0.25) is 0 Å². The highest BCUT2D eigenvalue weighted by Crippen LogP contribution is 2.41. The maximum absolute atomic E-state index is 6.32. The first kappa shape index (κ1) is 19.5. The number of hydrogen-bond donors (Lipinski definition) is 1. The average molecular weight is 408 g/mol. The molecule has 6 heteroatoms. The Bertz CT molecular complexity index is 969. The number of furan rings is 1. The van der Waals surface area contributed by atoms with Crippen molar-refractivity contribution in [1.29, 1.82) is 0 Å². The maximum Gasteiger partial charge on any atom is 0.170 e. The lowest BCUT2D eigenvalue weighted by atomic mass is 10.0. The summed E-state index contributed by atoms with van der Waals surface area (Å²) in [6.07, 6.45) is 1.81. The zero-order valence-corrected chi connectivity index (χ0v) is 17.6. The lowest BCUT2D eigenvalue weighted by Gasteiger charge is -2.29. The van der Waals surface area contributed by atoms with Gasteiger partial charge < -0.3 is 19.4 Å². The van der Waals surface area contributed by atoms with Gasteiger partial charge in [0, 0.05) is 17.8 Å². The normalized spacial score (nSPS) is 18.9. The third kappa shape index (κ3) is 3.85. The lowest BCUT2D eigenvalue weighted by molar-refractivity contribution is 0.237. The summed E-state index contributed by atoms with van der Waals surface area (Å²) in [6, 6.07) is 18.0. The quantitative estimate of drug-likeness (QED) is 0.572. The molecule has 0 spiro atoms. The summed E-state index contributed by atoms with van der Waals surface area (Å²) in [5.41, 5.74) is 1.96. The fourth-order valence-corrected chi connectivity index (χ4v) is 4.23. The molecular weight excluding hydrogens is 382 g/mol. The van der Waals surface area contributed by atoms with Crippen LogP contribution in [0, 0.1) is 0 Å². The van der Waals surface area contributed by atoms with Crippen LogP contribution in [-0.2, 0) is 0 Å². The van der Waals surface area contributed by atoms with E-state index in [-0.39, 0.29) is 18.1 Å². The highest BCUT2D eigenvalue weighted by Gasteiger charge is 2.42. The first-order chi connectivity index (χ1) is 14.1. The van der Waals surface area contributed by atoms with Gasteiger partial charge in [-0.2, -0.15) is 0 Å². The molecule has 0 aliphatic carbocycles. The monoisotopic (exact) mass is 407 g/mol. The largest absolute Gasteiger partial charge is 0.494 e. The Kier molecular flexibility index (Phi) is 5.53. The third-order valence-electron chi connectivity index (χ3n) is 5.06. The molecule has 3 aromatic rings. The highest BCUT2D eigenvalue weighted by molar-refractivity contribution is 7.80. The summed E-state index contributed by atoms with van der Waals surface area (Å²) < 4.78 is 11.9. The van der Waals surface area contributed by atoms with Crippen molar-refractivity contribution < 1.29 is 9.15 Å². The van der Waals surface area contributed by atoms with Crippen molar-refractivity contribution >= 4 is 17.3 Å². The van der Waals surface area contributed by atoms with E-state index in [2.05, 4.69) is 29.0 Å². The first-order valence-electron chi connectivity index (χ1n) is 9.91. The summed E-state index contributed by atoms with van der Waals surface area (Å²) in [5.74, 6) is 2.55. The van der Waals surface area contributed by atoms with Crippen LogP contribution in [0.3, 0.4) is 0 Å². The van der Waals surface area contributed by atoms with Gasteiger partial charge in [0.05, 0.1) is 18.3 Å². The molecule has 4 rings (SSSR count). The molecule has 0 amide bonds. The van der Waals surface area contributed by atoms with Crippen molar-refractivity contribution in [2.75, 3.05) is 6.61 Å². The second-order valence-corrected chi connectivity index (χ2v) is 7.67. The molecule has 150 valence electrons. The number of benzene rings is 1. The van der Waals surface area contributed by atoms with E-state index in [1.165, 1.54) is 0 Å². The van der Waals surface area contributed by atoms with E-state index in [4.69, 9.17) is 21.4 Å². The van der Waals surface area contributed by atoms with Gasteiger partial charge in [-0.25, -0.2) is 0 Å². The predicted octanol–water partition coefficient (Wildman–Crippen LogP) is 5.12. The van der Waals surface area contributed by atoms with Crippen molar-refractivity contribution in [3.8, 4) is 17.1 Å². The number of hydrogen-bond acceptors (Lipinski definition) is 4. The van der Waals surface area contributed by atoms with E-state index in [0.29, 0.717) is 6.61 Å². The van der Waals surface area contributed by atoms with E-state index < -0.39 is 0 Å². The van der Waals surface area contributed by atoms with E-state index in [1.807, 2.05) is 67.7 Å². The van der Waals surface area contributed by atoms with Crippen molar-refractivity contribution in [2.24, 2.45) is 0 Å². The zero-order valence-electron chi connectivity index (χ0n) is 16.8. The van der Waals surface area contributed by atoms with E-state index in [0.717, 1.165) is 33.6 Å². The Balaban J connectivity index is 1.68. The Hall–Kier alpha value is -2.86. The van der Waals surface area contributed by atoms with Crippen LogP contribution < -0.4 is 10.1 Å². The summed E-state index contributed by atoms with van der Waals surface area (Å²) in [5, 5.41) is 4.16. The second kappa shape index (κ2) is 8.25. The molecule has 5 nitrogen and oxygen atoms in total. The molecule has 0 radical (unpaired) electrons. The molecule has 29 heavy (non-hydrogen) atoms. The number of ether oxygens (including phenoxy) is 1. The second-order valence-electron chi connectivity index (χ2n) is 7.29. The van der Waals surface area contributed by atoms with Gasteiger partial charge in [-0.15, -0.1) is 0 Å². The molecule has 0 saturated carbocycles. The predicted molar refractivity (Wildman–Crippen MR) is 118 cm³/mol. The van der Waals surface area contributed by atoms with Crippen LogP contribution in [0.2, 0.25) is 0 Å². The van der Waals surface area contributed by atoms with Gasteiger partial charge in [0.15, 0.2) is 5.11 Å². The van der Waals surface area contributed by atoms with Crippen LogP contribution in [-0.4, -0.2) is 27.6 Å². The molecule has 0 bridgehead atoms. The summed E-state index contributed by atoms with van der Waals surface area (Å²) in [6.45, 7) is 6.90. The SMILES string of the molecule is CCOc1ccc(-c2ccc([C@@H]3[C@H](c4ccccn4)NC(=S)N3C(C)C)o2)cc1. The van der Waals surface area contributed by atoms with Gasteiger partial charge >= 0.3 is 0 Å². The van der Waals surface area contributed by atoms with Crippen LogP contribution >= 0.6 is 12.2 Å². The molecule has 2 aromatic heterocycles. The Morgan fingerprint density at radius 2 is 1.93 bits per heavy atom. The highest BCUT2D eigenvalue weighted by atomic mass is 32.1. The van der Waals surface area contributed by atoms with E-state index in [9.17, 15) is 0 Å². The molecule has 2 atom stereocenters. The van der Waals surface area contributed by atoms with Gasteiger partial charge in [-0.05, 0) is 81.5 Å². The van der Waals surface area contributed by atoms with Crippen molar-refractivity contribution in [1.82, 2.24) is 15.2 Å². The minimum absolute atomic E-state index is 0.0613. The molecule has 1 aliphatic rings. The number of nitrogens with one attached hydrogen (secondary N) is 1. The number of thiocarbonyl (C=S) groups is 1. The average Bonchev–Trinajstić information content (AvgIpc) is 3.34. The van der Waals surface area contributed by atoms with Crippen LogP contribution in [0.1, 0.15) is 44.3 Å². The minimum Gasteiger partial charge on any atom is -0.494 e. The third-order valence-corrected chi connectivity index (χ3v) is 5.39. The molecule has 0 unspecified atom stereocenters. The van der Waals surface area contributed by atoms with Crippen LogP contribution in [0.5, 0.6) is 5.75 Å². The van der Waals surface area contributed by atoms with E-state index >= 15 is 0 Å². The molecule has 1 N–H and O–H groups in total. The first-order valence-corrected chi connectivity index (χ1v) is 10.3. The summed E-state index contributed by atoms with van der Waals surface area (Å²) in [4.78, 5) is 6.74. The molecule has 3 heterocycles. The summed E-state index contributed by atoms with van der Waals surface area (Å²) >= 11 is 5.64. The molecule has 1 fully saturated rings. The Morgan fingerprint density at radius 1 is 1.14 bits per heavy atom. The summed E-state index contributed by atoms with van der Waals surface area (Å²) in [7, 11) is 0. The number of nitrogens with zero attached hydrogens (tertiary/aromatic N) is 2. The standard InChI is InChI=1S/C23H25N3O2S/c1-4-27-17-10-8-16(9-11-17)19-12-13-20(28-19)22-21(18-7-5-6-14-24-18)25-23(29)26(22)15(2)3/h5-15,21-22H,4H2,1-3H3,(H,25,29)/t21-,22+/m0/s1. The number of pyridine rings is 1. The van der Waals surface area contributed by atoms with E-state index in [1.54, 1.807) is 0 Å². The van der Waals surface area contributed by atoms with Gasteiger partial charge in [0.25, 0.3) is 0 Å². The van der Waals surface area contributed by atoms with Gasteiger partial charge in [0.1, 0.15) is 23.3 Å². The molecule has 1 aromatic carbocycles. The van der Waals surface area contributed by atoms with Crippen LogP contribution in [0.25, 0.3) is 11.3 Å². The zero-order chi connectivity index (χ0) is 20.4. The van der Waals surface area contributed by atoms with Crippen molar-refractivity contribution in [3.63, 3.8) is 0 Å². The maximum atomic E-state index is 6.32. The van der Waals surface area contributed by atoms with Gasteiger partial charge in [-0.3, -0.25) is 4.98 Å². The van der Waals surface area contributed by atoms with Crippen LogP contribution in [0.15, 0.2) is 65.2 Å². The minimum atomic E-state index is -0.0644. The Labute approximate surface area is 176 Å². The number of rotatable bonds is 6. The fourth-order valence-electron chi connectivity index (χ4n) is 3.78. The van der Waals surface area contributed by atoms with Crippen LogP contribution in [0.4, 0.5) is 0 Å². The van der Waals surface area contributed by atoms with Crippen molar-refractivity contribution in [2.45, 2.75) is 38.9 Å². The topological polar surface area (TPSA) is 50.5 Å². The van der Waals surface area contributed by atoms with Crippen molar-refractivity contribution in [3.05, 3.63) is 72.2 Å². The fraction of sp³-hybridized carbons (Fsp3) is 0.304. The number of aromatic nitrogens is 1. The smallest absolute Gasteiger partial charge is 0.170 e. The van der Waals surface area contributed by atoms with Gasteiger partial charge in [-0.1, -0.05) is 6.07 Å². The Morgan fingerprint density at radius 3 is 2.59 bits per heavy atom. The lowest BCUT2D eigenvalue weighted by Crippen LogP contribution is -2.35. The molecular formula is C23H25N3O2S. The molecule has 1 saturated heterocycles.